The Morgan fingerprint density at radius 1 is 1.00 bits per heavy atom. The van der Waals surface area contributed by atoms with Gasteiger partial charge < -0.3 is 15.1 Å². The number of thiophene rings is 1. The molecule has 2 aliphatic heterocycles. The lowest BCUT2D eigenvalue weighted by Crippen LogP contribution is -2.62. The van der Waals surface area contributed by atoms with Gasteiger partial charge in [0.05, 0.1) is 6.42 Å². The maximum atomic E-state index is 13.2. The van der Waals surface area contributed by atoms with Gasteiger partial charge in [0.25, 0.3) is 0 Å². The van der Waals surface area contributed by atoms with Crippen LogP contribution in [0, 0.1) is 0 Å². The molecule has 3 heterocycles. The Hall–Kier alpha value is -2.34. The minimum Gasteiger partial charge on any atom is -0.371 e. The molecule has 2 aromatic rings. The molecule has 0 atom stereocenters. The summed E-state index contributed by atoms with van der Waals surface area (Å²) in [4.78, 5) is 29.7. The van der Waals surface area contributed by atoms with Gasteiger partial charge in [-0.05, 0) is 53.8 Å². The van der Waals surface area contributed by atoms with Gasteiger partial charge in [0.1, 0.15) is 5.54 Å². The predicted octanol–water partition coefficient (Wildman–Crippen LogP) is 3.00. The molecule has 5 nitrogen and oxygen atoms in total. The summed E-state index contributed by atoms with van der Waals surface area (Å²) in [6.07, 6.45) is 2.82. The highest BCUT2D eigenvalue weighted by atomic mass is 32.1. The summed E-state index contributed by atoms with van der Waals surface area (Å²) in [7, 11) is 0. The van der Waals surface area contributed by atoms with Crippen LogP contribution in [-0.2, 0) is 16.0 Å². The Balaban J connectivity index is 1.46. The van der Waals surface area contributed by atoms with E-state index in [4.69, 9.17) is 0 Å². The lowest BCUT2D eigenvalue weighted by Gasteiger charge is -2.46. The molecule has 0 radical (unpaired) electrons. The van der Waals surface area contributed by atoms with E-state index in [0.29, 0.717) is 32.4 Å². The van der Waals surface area contributed by atoms with Crippen molar-refractivity contribution in [2.75, 3.05) is 31.5 Å². The molecule has 142 valence electrons. The fourth-order valence-corrected chi connectivity index (χ4v) is 4.50. The zero-order valence-electron chi connectivity index (χ0n) is 15.4. The minimum atomic E-state index is -0.610. The quantitative estimate of drug-likeness (QED) is 0.864. The van der Waals surface area contributed by atoms with Crippen LogP contribution in [-0.4, -0.2) is 53.3 Å². The van der Waals surface area contributed by atoms with Crippen molar-refractivity contribution in [3.8, 4) is 0 Å². The summed E-state index contributed by atoms with van der Waals surface area (Å²) in [5.74, 6) is 0.334. The molecule has 27 heavy (non-hydrogen) atoms. The number of amides is 2. The highest BCUT2D eigenvalue weighted by Gasteiger charge is 2.45. The van der Waals surface area contributed by atoms with Gasteiger partial charge in [0.15, 0.2) is 0 Å². The topological polar surface area (TPSA) is 52.7 Å². The zero-order chi connectivity index (χ0) is 18.7. The van der Waals surface area contributed by atoms with Crippen LogP contribution in [0.15, 0.2) is 47.2 Å². The highest BCUT2D eigenvalue weighted by Crippen LogP contribution is 2.31. The largest absolute Gasteiger partial charge is 0.371 e. The van der Waals surface area contributed by atoms with Crippen LogP contribution in [0.25, 0.3) is 0 Å². The Morgan fingerprint density at radius 3 is 2.33 bits per heavy atom. The third-order valence-corrected chi connectivity index (χ3v) is 6.35. The first-order chi connectivity index (χ1) is 13.2. The molecule has 2 saturated heterocycles. The second-order valence-corrected chi connectivity index (χ2v) is 8.19. The molecule has 0 unspecified atom stereocenters. The fraction of sp³-hybridized carbons (Fsp3) is 0.429. The number of piperidine rings is 1. The molecule has 0 saturated carbocycles. The number of carbonyl (C=O) groups excluding carboxylic acids is 2. The van der Waals surface area contributed by atoms with E-state index in [0.717, 1.165) is 30.8 Å². The number of benzene rings is 1. The maximum absolute atomic E-state index is 13.2. The van der Waals surface area contributed by atoms with Crippen LogP contribution >= 0.6 is 11.3 Å². The van der Waals surface area contributed by atoms with Crippen molar-refractivity contribution in [1.82, 2.24) is 9.80 Å². The molecule has 6 heteroatoms. The average molecular weight is 384 g/mol. The second-order valence-electron chi connectivity index (χ2n) is 7.41. The van der Waals surface area contributed by atoms with E-state index >= 15 is 0 Å². The van der Waals surface area contributed by atoms with E-state index in [2.05, 4.69) is 5.32 Å². The van der Waals surface area contributed by atoms with Crippen molar-refractivity contribution in [1.29, 1.82) is 0 Å². The number of hydrogen-bond donors (Lipinski definition) is 1. The lowest BCUT2D eigenvalue weighted by molar-refractivity contribution is -0.143. The number of nitrogens with one attached hydrogen (secondary N) is 1. The summed E-state index contributed by atoms with van der Waals surface area (Å²) in [5.41, 5.74) is 1.42. The van der Waals surface area contributed by atoms with Gasteiger partial charge in [-0.1, -0.05) is 18.2 Å². The molecule has 0 aliphatic carbocycles. The van der Waals surface area contributed by atoms with E-state index in [-0.39, 0.29) is 11.8 Å². The molecule has 2 aliphatic rings. The van der Waals surface area contributed by atoms with E-state index in [1.165, 1.54) is 0 Å². The van der Waals surface area contributed by atoms with E-state index in [1.54, 1.807) is 11.3 Å². The Bertz CT molecular complexity index is 779. The number of carbonyl (C=O) groups is 2. The third-order valence-electron chi connectivity index (χ3n) is 5.62. The van der Waals surface area contributed by atoms with Gasteiger partial charge in [-0.2, -0.15) is 11.3 Å². The van der Waals surface area contributed by atoms with E-state index in [9.17, 15) is 9.59 Å². The minimum absolute atomic E-state index is 0.151. The van der Waals surface area contributed by atoms with Gasteiger partial charge in [-0.15, -0.1) is 0 Å². The molecule has 2 fully saturated rings. The zero-order valence-corrected chi connectivity index (χ0v) is 16.2. The van der Waals surface area contributed by atoms with E-state index in [1.807, 2.05) is 57.0 Å². The van der Waals surface area contributed by atoms with Crippen LogP contribution in [0.4, 0.5) is 5.69 Å². The van der Waals surface area contributed by atoms with E-state index < -0.39 is 5.54 Å². The van der Waals surface area contributed by atoms with Crippen molar-refractivity contribution in [3.05, 3.63) is 52.7 Å². The number of anilines is 1. The van der Waals surface area contributed by atoms with Crippen LogP contribution in [0.5, 0.6) is 0 Å². The van der Waals surface area contributed by atoms with Crippen LogP contribution in [0.3, 0.4) is 0 Å². The van der Waals surface area contributed by atoms with Gasteiger partial charge in [-0.3, -0.25) is 9.59 Å². The number of hydrogen-bond acceptors (Lipinski definition) is 4. The van der Waals surface area contributed by atoms with Crippen molar-refractivity contribution in [3.63, 3.8) is 0 Å². The number of para-hydroxylation sites is 1. The summed E-state index contributed by atoms with van der Waals surface area (Å²) in [6, 6.07) is 11.9. The van der Waals surface area contributed by atoms with Gasteiger partial charge in [0.2, 0.25) is 11.8 Å². The van der Waals surface area contributed by atoms with Crippen LogP contribution in [0.2, 0.25) is 0 Å². The first-order valence-electron chi connectivity index (χ1n) is 9.58. The molecule has 1 N–H and O–H groups in total. The molecule has 0 bridgehead atoms. The van der Waals surface area contributed by atoms with Crippen LogP contribution < -0.4 is 5.32 Å². The Morgan fingerprint density at radius 2 is 1.74 bits per heavy atom. The smallest absolute Gasteiger partial charge is 0.248 e. The summed E-state index contributed by atoms with van der Waals surface area (Å²) in [6.45, 7) is 2.92. The van der Waals surface area contributed by atoms with Crippen molar-refractivity contribution < 1.29 is 9.59 Å². The maximum Gasteiger partial charge on any atom is 0.248 e. The molecule has 1 aromatic carbocycles. The molecule has 2 amide bonds. The lowest BCUT2D eigenvalue weighted by atomic mass is 9.84. The summed E-state index contributed by atoms with van der Waals surface area (Å²) < 4.78 is 0. The van der Waals surface area contributed by atoms with Crippen molar-refractivity contribution >= 4 is 28.8 Å². The van der Waals surface area contributed by atoms with Gasteiger partial charge in [-0.25, -0.2) is 0 Å². The number of nitrogens with zero attached hydrogens (tertiary/aromatic N) is 2. The molecule has 1 aromatic heterocycles. The summed E-state index contributed by atoms with van der Waals surface area (Å²) >= 11 is 1.61. The Kier molecular flexibility index (Phi) is 5.16. The normalized spacial score (nSPS) is 18.7. The number of rotatable bonds is 5. The van der Waals surface area contributed by atoms with Gasteiger partial charge in [0, 0.05) is 31.9 Å². The Labute approximate surface area is 164 Å². The van der Waals surface area contributed by atoms with Gasteiger partial charge >= 0.3 is 0 Å². The molecular formula is C21H25N3O2S. The first kappa shape index (κ1) is 18.0. The average Bonchev–Trinajstić information content (AvgIpc) is 3.14. The van der Waals surface area contributed by atoms with Crippen molar-refractivity contribution in [2.45, 2.75) is 31.2 Å². The highest BCUT2D eigenvalue weighted by molar-refractivity contribution is 7.08. The molecule has 4 rings (SSSR count). The fourth-order valence-electron chi connectivity index (χ4n) is 3.83. The van der Waals surface area contributed by atoms with Crippen molar-refractivity contribution in [2.24, 2.45) is 0 Å². The predicted molar refractivity (Wildman–Crippen MR) is 108 cm³/mol. The van der Waals surface area contributed by atoms with Crippen LogP contribution in [0.1, 0.15) is 24.8 Å². The standard InChI is InChI=1S/C21H25N3O2S/c25-19(15-17-7-14-27-16-17)23-12-8-21(9-13-23,20(26)24-10-4-11-24)22-18-5-2-1-3-6-18/h1-3,5-7,14,16,22H,4,8-13,15H2. The second kappa shape index (κ2) is 7.72. The SMILES string of the molecule is O=C(Cc1ccsc1)N1CCC(Nc2ccccc2)(C(=O)N2CCC2)CC1. The monoisotopic (exact) mass is 383 g/mol. The first-order valence-corrected chi connectivity index (χ1v) is 10.5. The molecular weight excluding hydrogens is 358 g/mol. The number of likely N-dealkylation sites (tertiary alicyclic amines) is 2. The molecule has 0 spiro atoms. The summed E-state index contributed by atoms with van der Waals surface area (Å²) in [5, 5.41) is 7.54. The third kappa shape index (κ3) is 3.86.